The highest BCUT2D eigenvalue weighted by atomic mass is 19.2. The van der Waals surface area contributed by atoms with Gasteiger partial charge in [-0.3, -0.25) is 0 Å². The molecule has 0 bridgehead atoms. The molecule has 2 aromatic carbocycles. The van der Waals surface area contributed by atoms with Crippen LogP contribution in [0.25, 0.3) is 11.1 Å². The molecule has 0 fully saturated rings. The molecule has 1 aliphatic carbocycles. The van der Waals surface area contributed by atoms with Crippen LogP contribution >= 0.6 is 0 Å². The molecule has 0 saturated carbocycles. The predicted octanol–water partition coefficient (Wildman–Crippen LogP) is 3.72. The van der Waals surface area contributed by atoms with E-state index in [0.717, 1.165) is 41.7 Å². The molecule has 1 unspecified atom stereocenters. The Hall–Kier alpha value is -1.81. The molecule has 0 heterocycles. The number of benzene rings is 2. The van der Waals surface area contributed by atoms with Gasteiger partial charge in [0.25, 0.3) is 0 Å². The zero-order chi connectivity index (χ0) is 13.6. The topological polar surface area (TPSA) is 26.0 Å². The van der Waals surface area contributed by atoms with Crippen molar-refractivity contribution in [2.75, 3.05) is 0 Å². The summed E-state index contributed by atoms with van der Waals surface area (Å²) in [5, 5.41) is 0. The van der Waals surface area contributed by atoms with E-state index in [1.54, 1.807) is 12.1 Å². The van der Waals surface area contributed by atoms with Gasteiger partial charge in [0, 0.05) is 6.04 Å². The van der Waals surface area contributed by atoms with Crippen LogP contribution in [0.1, 0.15) is 23.6 Å². The van der Waals surface area contributed by atoms with E-state index in [1.807, 2.05) is 6.07 Å². The third-order valence-corrected chi connectivity index (χ3v) is 3.61. The summed E-state index contributed by atoms with van der Waals surface area (Å²) in [4.78, 5) is 0. The SMILES string of the molecule is NC1CCc2c(-c3cc(F)c(F)c(F)c3)cccc21. The molecular formula is C15H12F3N. The highest BCUT2D eigenvalue weighted by Gasteiger charge is 2.22. The van der Waals surface area contributed by atoms with Crippen molar-refractivity contribution in [3.05, 3.63) is 58.9 Å². The minimum atomic E-state index is -1.44. The molecule has 1 atom stereocenters. The van der Waals surface area contributed by atoms with Crippen molar-refractivity contribution in [1.29, 1.82) is 0 Å². The van der Waals surface area contributed by atoms with E-state index >= 15 is 0 Å². The molecule has 0 aromatic heterocycles. The van der Waals surface area contributed by atoms with Crippen molar-refractivity contribution in [2.45, 2.75) is 18.9 Å². The average Bonchev–Trinajstić information content (AvgIpc) is 2.77. The highest BCUT2D eigenvalue weighted by Crippen LogP contribution is 2.37. The summed E-state index contributed by atoms with van der Waals surface area (Å²) in [6.07, 6.45) is 1.59. The van der Waals surface area contributed by atoms with Gasteiger partial charge in [-0.05, 0) is 47.2 Å². The third kappa shape index (κ3) is 1.92. The van der Waals surface area contributed by atoms with E-state index in [1.165, 1.54) is 0 Å². The van der Waals surface area contributed by atoms with Crippen LogP contribution in [0.2, 0.25) is 0 Å². The van der Waals surface area contributed by atoms with Crippen LogP contribution in [-0.2, 0) is 6.42 Å². The Morgan fingerprint density at radius 1 is 1.05 bits per heavy atom. The van der Waals surface area contributed by atoms with Crippen molar-refractivity contribution in [2.24, 2.45) is 5.73 Å². The van der Waals surface area contributed by atoms with Crippen molar-refractivity contribution in [3.63, 3.8) is 0 Å². The fourth-order valence-electron chi connectivity index (χ4n) is 2.67. The summed E-state index contributed by atoms with van der Waals surface area (Å²) >= 11 is 0. The van der Waals surface area contributed by atoms with Crippen LogP contribution in [0.15, 0.2) is 30.3 Å². The molecule has 0 aliphatic heterocycles. The summed E-state index contributed by atoms with van der Waals surface area (Å²) in [6.45, 7) is 0. The van der Waals surface area contributed by atoms with Gasteiger partial charge in [-0.15, -0.1) is 0 Å². The van der Waals surface area contributed by atoms with Crippen molar-refractivity contribution in [3.8, 4) is 11.1 Å². The first-order valence-corrected chi connectivity index (χ1v) is 6.10. The van der Waals surface area contributed by atoms with Gasteiger partial charge in [0.05, 0.1) is 0 Å². The first kappa shape index (κ1) is 12.2. The molecule has 0 amide bonds. The highest BCUT2D eigenvalue weighted by molar-refractivity contribution is 5.70. The van der Waals surface area contributed by atoms with Gasteiger partial charge in [-0.2, -0.15) is 0 Å². The molecule has 0 radical (unpaired) electrons. The van der Waals surface area contributed by atoms with Gasteiger partial charge in [-0.1, -0.05) is 18.2 Å². The van der Waals surface area contributed by atoms with Gasteiger partial charge in [0.2, 0.25) is 0 Å². The third-order valence-electron chi connectivity index (χ3n) is 3.61. The Balaban J connectivity index is 2.19. The first-order valence-electron chi connectivity index (χ1n) is 6.10. The lowest BCUT2D eigenvalue weighted by Crippen LogP contribution is -2.05. The van der Waals surface area contributed by atoms with E-state index in [-0.39, 0.29) is 6.04 Å². The Morgan fingerprint density at radius 3 is 2.42 bits per heavy atom. The van der Waals surface area contributed by atoms with Crippen molar-refractivity contribution >= 4 is 0 Å². The van der Waals surface area contributed by atoms with Gasteiger partial charge in [0.1, 0.15) is 0 Å². The number of fused-ring (bicyclic) bond motifs is 1. The lowest BCUT2D eigenvalue weighted by molar-refractivity contribution is 0.447. The lowest BCUT2D eigenvalue weighted by atomic mass is 9.96. The minimum absolute atomic E-state index is 0.0370. The molecule has 3 rings (SSSR count). The Kier molecular flexibility index (Phi) is 2.82. The monoisotopic (exact) mass is 263 g/mol. The molecule has 19 heavy (non-hydrogen) atoms. The maximum absolute atomic E-state index is 13.3. The van der Waals surface area contributed by atoms with Gasteiger partial charge in [0.15, 0.2) is 17.5 Å². The second-order valence-electron chi connectivity index (χ2n) is 4.77. The number of hydrogen-bond donors (Lipinski definition) is 1. The summed E-state index contributed by atoms with van der Waals surface area (Å²) in [5.41, 5.74) is 9.05. The molecule has 1 aliphatic rings. The largest absolute Gasteiger partial charge is 0.324 e. The quantitative estimate of drug-likeness (QED) is 0.780. The fraction of sp³-hybridized carbons (Fsp3) is 0.200. The standard InChI is InChI=1S/C15H12F3N/c16-12-6-8(7-13(17)15(12)18)9-2-1-3-11-10(9)4-5-14(11)19/h1-3,6-7,14H,4-5,19H2. The normalized spacial score (nSPS) is 17.6. The van der Waals surface area contributed by atoms with E-state index in [9.17, 15) is 13.2 Å². The number of nitrogens with two attached hydrogens (primary N) is 1. The maximum Gasteiger partial charge on any atom is 0.194 e. The molecule has 1 nitrogen and oxygen atoms in total. The molecule has 2 N–H and O–H groups in total. The van der Waals surface area contributed by atoms with Crippen molar-refractivity contribution < 1.29 is 13.2 Å². The fourth-order valence-corrected chi connectivity index (χ4v) is 2.67. The molecule has 98 valence electrons. The van der Waals surface area contributed by atoms with Crippen LogP contribution in [0.4, 0.5) is 13.2 Å². The minimum Gasteiger partial charge on any atom is -0.324 e. The number of hydrogen-bond acceptors (Lipinski definition) is 1. The zero-order valence-electron chi connectivity index (χ0n) is 10.1. The van der Waals surface area contributed by atoms with Crippen LogP contribution in [0.5, 0.6) is 0 Å². The zero-order valence-corrected chi connectivity index (χ0v) is 10.1. The van der Waals surface area contributed by atoms with Gasteiger partial charge < -0.3 is 5.73 Å². The maximum atomic E-state index is 13.3. The van der Waals surface area contributed by atoms with Gasteiger partial charge >= 0.3 is 0 Å². The summed E-state index contributed by atoms with van der Waals surface area (Å²) < 4.78 is 39.6. The first-order chi connectivity index (χ1) is 9.08. The van der Waals surface area contributed by atoms with E-state index in [4.69, 9.17) is 5.73 Å². The summed E-state index contributed by atoms with van der Waals surface area (Å²) in [7, 11) is 0. The Bertz CT molecular complexity index is 629. The molecule has 0 spiro atoms. The van der Waals surface area contributed by atoms with Crippen LogP contribution in [-0.4, -0.2) is 0 Å². The van der Waals surface area contributed by atoms with Crippen molar-refractivity contribution in [1.82, 2.24) is 0 Å². The Morgan fingerprint density at radius 2 is 1.74 bits per heavy atom. The predicted molar refractivity (Wildman–Crippen MR) is 67.0 cm³/mol. The van der Waals surface area contributed by atoms with E-state index in [2.05, 4.69) is 0 Å². The Labute approximate surface area is 108 Å². The van der Waals surface area contributed by atoms with E-state index in [0.29, 0.717) is 5.56 Å². The average molecular weight is 263 g/mol. The number of halogens is 3. The lowest BCUT2D eigenvalue weighted by Gasteiger charge is -2.10. The number of rotatable bonds is 1. The summed E-state index contributed by atoms with van der Waals surface area (Å²) in [6, 6.07) is 7.52. The molecule has 2 aromatic rings. The molecular weight excluding hydrogens is 251 g/mol. The second kappa shape index (κ2) is 4.38. The molecule has 0 saturated heterocycles. The van der Waals surface area contributed by atoms with Gasteiger partial charge in [-0.25, -0.2) is 13.2 Å². The van der Waals surface area contributed by atoms with Crippen LogP contribution in [0, 0.1) is 17.5 Å². The van der Waals surface area contributed by atoms with Crippen LogP contribution in [0.3, 0.4) is 0 Å². The smallest absolute Gasteiger partial charge is 0.194 e. The van der Waals surface area contributed by atoms with Crippen LogP contribution < -0.4 is 5.73 Å². The van der Waals surface area contributed by atoms with E-state index < -0.39 is 17.5 Å². The summed E-state index contributed by atoms with van der Waals surface area (Å²) in [5.74, 6) is -3.78. The molecule has 4 heteroatoms. The second-order valence-corrected chi connectivity index (χ2v) is 4.77.